The molecule has 1 fully saturated rings. The van der Waals surface area contributed by atoms with Gasteiger partial charge in [-0.3, -0.25) is 14.4 Å². The SMILES string of the molecule is CCCCCc1ccc(C(=O)[C@@H]2[C@H](C(=O)C(C)(C)C)N3c4ccc(OC)cc4C=C[C@H]3[C@]23C(=O)Nc2ccccc23)cc1. The van der Waals surface area contributed by atoms with E-state index in [1.165, 1.54) is 5.56 Å². The molecular weight excluding hydrogens is 536 g/mol. The smallest absolute Gasteiger partial charge is 0.238 e. The summed E-state index contributed by atoms with van der Waals surface area (Å²) in [6.07, 6.45) is 8.35. The largest absolute Gasteiger partial charge is 0.497 e. The second-order valence-corrected chi connectivity index (χ2v) is 13.1. The third-order valence-electron chi connectivity index (χ3n) is 9.44. The predicted octanol–water partition coefficient (Wildman–Crippen LogP) is 7.02. The number of anilines is 2. The van der Waals surface area contributed by atoms with Gasteiger partial charge in [-0.2, -0.15) is 0 Å². The van der Waals surface area contributed by atoms with Crippen LogP contribution in [0.5, 0.6) is 5.75 Å². The average Bonchev–Trinajstić information content (AvgIpc) is 3.48. The summed E-state index contributed by atoms with van der Waals surface area (Å²) in [7, 11) is 1.62. The van der Waals surface area contributed by atoms with E-state index in [4.69, 9.17) is 4.74 Å². The fourth-order valence-electron chi connectivity index (χ4n) is 7.32. The normalized spacial score (nSPS) is 23.5. The molecule has 3 aliphatic rings. The molecule has 0 aliphatic carbocycles. The van der Waals surface area contributed by atoms with Crippen LogP contribution < -0.4 is 15.0 Å². The summed E-state index contributed by atoms with van der Waals surface area (Å²) in [4.78, 5) is 46.0. The quantitative estimate of drug-likeness (QED) is 0.231. The molecule has 6 rings (SSSR count). The van der Waals surface area contributed by atoms with Crippen LogP contribution in [0.25, 0.3) is 6.08 Å². The topological polar surface area (TPSA) is 75.7 Å². The number of ketones is 2. The van der Waals surface area contributed by atoms with E-state index in [2.05, 4.69) is 12.2 Å². The van der Waals surface area contributed by atoms with E-state index in [1.54, 1.807) is 7.11 Å². The molecule has 6 heteroatoms. The number of hydrogen-bond donors (Lipinski definition) is 1. The van der Waals surface area contributed by atoms with E-state index in [1.807, 2.05) is 105 Å². The first-order valence-electron chi connectivity index (χ1n) is 15.4. The van der Waals surface area contributed by atoms with Crippen molar-refractivity contribution in [3.05, 3.63) is 95.1 Å². The predicted molar refractivity (Wildman–Crippen MR) is 171 cm³/mol. The van der Waals surface area contributed by atoms with Crippen LogP contribution in [-0.2, 0) is 21.4 Å². The molecule has 0 aromatic heterocycles. The van der Waals surface area contributed by atoms with Crippen molar-refractivity contribution in [2.75, 3.05) is 17.3 Å². The molecule has 222 valence electrons. The Morgan fingerprint density at radius 3 is 2.44 bits per heavy atom. The number of carbonyl (C=O) groups is 3. The summed E-state index contributed by atoms with van der Waals surface area (Å²) in [5, 5.41) is 3.09. The lowest BCUT2D eigenvalue weighted by atomic mass is 9.63. The highest BCUT2D eigenvalue weighted by molar-refractivity contribution is 6.17. The first kappa shape index (κ1) is 28.9. The van der Waals surface area contributed by atoms with Gasteiger partial charge < -0.3 is 15.0 Å². The molecule has 0 saturated carbocycles. The zero-order valence-electron chi connectivity index (χ0n) is 25.6. The maximum Gasteiger partial charge on any atom is 0.238 e. The van der Waals surface area contributed by atoms with Crippen molar-refractivity contribution < 1.29 is 19.1 Å². The van der Waals surface area contributed by atoms with Gasteiger partial charge in [-0.25, -0.2) is 0 Å². The van der Waals surface area contributed by atoms with Crippen LogP contribution in [0.1, 0.15) is 74.0 Å². The third kappa shape index (κ3) is 4.50. The highest BCUT2D eigenvalue weighted by Crippen LogP contribution is 2.58. The van der Waals surface area contributed by atoms with Crippen LogP contribution in [0.4, 0.5) is 11.4 Å². The molecule has 6 nitrogen and oxygen atoms in total. The molecule has 0 radical (unpaired) electrons. The zero-order valence-corrected chi connectivity index (χ0v) is 25.6. The number of nitrogens with one attached hydrogen (secondary N) is 1. The maximum atomic E-state index is 14.9. The Balaban J connectivity index is 1.57. The summed E-state index contributed by atoms with van der Waals surface area (Å²) in [5.41, 5.74) is 2.79. The number of unbranched alkanes of at least 4 members (excludes halogenated alkanes) is 2. The number of methoxy groups -OCH3 is 1. The number of nitrogens with zero attached hydrogens (tertiary/aromatic N) is 1. The minimum atomic E-state index is -1.30. The lowest BCUT2D eigenvalue weighted by Gasteiger charge is -2.38. The number of Topliss-reactive ketones (excluding diaryl/α,β-unsaturated/α-hetero) is 2. The number of aryl methyl sites for hydroxylation is 1. The third-order valence-corrected chi connectivity index (χ3v) is 9.44. The van der Waals surface area contributed by atoms with Crippen molar-refractivity contribution >= 4 is 34.9 Å². The van der Waals surface area contributed by atoms with Crippen LogP contribution >= 0.6 is 0 Å². The van der Waals surface area contributed by atoms with Gasteiger partial charge in [-0.1, -0.05) is 95.2 Å². The van der Waals surface area contributed by atoms with E-state index >= 15 is 0 Å². The van der Waals surface area contributed by atoms with E-state index in [9.17, 15) is 14.4 Å². The number of benzene rings is 3. The minimum absolute atomic E-state index is 0.0711. The summed E-state index contributed by atoms with van der Waals surface area (Å²) < 4.78 is 5.50. The zero-order chi connectivity index (χ0) is 30.5. The molecule has 3 heterocycles. The van der Waals surface area contributed by atoms with Crippen LogP contribution in [0.2, 0.25) is 0 Å². The fourth-order valence-corrected chi connectivity index (χ4v) is 7.32. The van der Waals surface area contributed by atoms with Gasteiger partial charge in [0.15, 0.2) is 11.6 Å². The molecule has 1 saturated heterocycles. The van der Waals surface area contributed by atoms with Gasteiger partial charge >= 0.3 is 0 Å². The maximum absolute atomic E-state index is 14.9. The molecular formula is C37H40N2O4. The highest BCUT2D eigenvalue weighted by Gasteiger charge is 2.70. The molecule has 1 spiro atoms. The van der Waals surface area contributed by atoms with Crippen molar-refractivity contribution in [2.24, 2.45) is 11.3 Å². The van der Waals surface area contributed by atoms with Crippen LogP contribution in [-0.4, -0.2) is 36.7 Å². The van der Waals surface area contributed by atoms with Gasteiger partial charge in [0.05, 0.1) is 19.1 Å². The average molecular weight is 577 g/mol. The number of carbonyl (C=O) groups excluding carboxylic acids is 3. The highest BCUT2D eigenvalue weighted by atomic mass is 16.5. The lowest BCUT2D eigenvalue weighted by Crippen LogP contribution is -2.51. The van der Waals surface area contributed by atoms with E-state index < -0.39 is 28.8 Å². The summed E-state index contributed by atoms with van der Waals surface area (Å²) in [6.45, 7) is 7.85. The fraction of sp³-hybridized carbons (Fsp3) is 0.378. The van der Waals surface area contributed by atoms with Crippen molar-refractivity contribution in [3.8, 4) is 5.75 Å². The van der Waals surface area contributed by atoms with Crippen LogP contribution in [0.3, 0.4) is 0 Å². The van der Waals surface area contributed by atoms with E-state index in [-0.39, 0.29) is 17.5 Å². The first-order valence-corrected chi connectivity index (χ1v) is 15.4. The van der Waals surface area contributed by atoms with Crippen LogP contribution in [0, 0.1) is 11.3 Å². The van der Waals surface area contributed by atoms with Crippen molar-refractivity contribution in [2.45, 2.75) is 70.9 Å². The van der Waals surface area contributed by atoms with Crippen LogP contribution in [0.15, 0.2) is 72.8 Å². The van der Waals surface area contributed by atoms with Crippen molar-refractivity contribution in [1.29, 1.82) is 0 Å². The molecule has 3 aromatic rings. The summed E-state index contributed by atoms with van der Waals surface area (Å²) in [6, 6.07) is 19.7. The standard InChI is InChI=1S/C37H40N2O4/c1-6-7-8-11-23-14-16-24(17-15-23)33(40)31-32(34(41)36(2,3)4)39-29-20-19-26(43-5)22-25(29)18-21-30(39)37(31)27-12-9-10-13-28(27)38-35(37)42/h9-10,12-22,30-32H,6-8,11H2,1-5H3,(H,38,42)/t30-,31-,32+,37-/m0/s1. The molecule has 1 amide bonds. The number of amides is 1. The minimum Gasteiger partial charge on any atom is -0.497 e. The van der Waals surface area contributed by atoms with Gasteiger partial charge in [0.2, 0.25) is 5.91 Å². The molecule has 3 aromatic carbocycles. The Morgan fingerprint density at radius 1 is 1.00 bits per heavy atom. The number of rotatable bonds is 8. The Bertz CT molecular complexity index is 1620. The molecule has 43 heavy (non-hydrogen) atoms. The van der Waals surface area contributed by atoms with Crippen molar-refractivity contribution in [1.82, 2.24) is 0 Å². The van der Waals surface area contributed by atoms with Gasteiger partial charge in [0.1, 0.15) is 17.2 Å². The van der Waals surface area contributed by atoms with Crippen molar-refractivity contribution in [3.63, 3.8) is 0 Å². The Labute approximate surface area is 254 Å². The lowest BCUT2D eigenvalue weighted by molar-refractivity contribution is -0.128. The summed E-state index contributed by atoms with van der Waals surface area (Å²) in [5.74, 6) is -0.753. The number of hydrogen-bond acceptors (Lipinski definition) is 5. The molecule has 1 N–H and O–H groups in total. The second-order valence-electron chi connectivity index (χ2n) is 13.1. The van der Waals surface area contributed by atoms with Gasteiger partial charge in [0.25, 0.3) is 0 Å². The van der Waals surface area contributed by atoms with Gasteiger partial charge in [-0.15, -0.1) is 0 Å². The number of ether oxygens (including phenoxy) is 1. The number of fused-ring (bicyclic) bond motifs is 6. The summed E-state index contributed by atoms with van der Waals surface area (Å²) >= 11 is 0. The van der Waals surface area contributed by atoms with E-state index in [0.29, 0.717) is 17.0 Å². The van der Waals surface area contributed by atoms with E-state index in [0.717, 1.165) is 42.5 Å². The van der Waals surface area contributed by atoms with Gasteiger partial charge in [-0.05, 0) is 48.2 Å². The Kier molecular flexibility index (Phi) is 7.27. The van der Waals surface area contributed by atoms with Gasteiger partial charge in [0, 0.05) is 27.9 Å². The first-order chi connectivity index (χ1) is 20.6. The number of para-hydroxylation sites is 1. The second kappa shape index (κ2) is 10.8. The molecule has 3 aliphatic heterocycles. The monoisotopic (exact) mass is 576 g/mol. The Morgan fingerprint density at radius 2 is 1.74 bits per heavy atom. The molecule has 0 bridgehead atoms. The molecule has 0 unspecified atom stereocenters. The molecule has 4 atom stereocenters. The Hall–Kier alpha value is -4.19.